The molecule has 3 nitrogen and oxygen atoms in total. The van der Waals surface area contributed by atoms with Crippen LogP contribution in [0.3, 0.4) is 0 Å². The van der Waals surface area contributed by atoms with Gasteiger partial charge in [0.25, 0.3) is 0 Å². The Bertz CT molecular complexity index is 471. The molecule has 0 amide bonds. The molecule has 1 aromatic heterocycles. The fraction of sp³-hybridized carbons (Fsp3) is 0.100. The third kappa shape index (κ3) is 1.09. The van der Waals surface area contributed by atoms with Gasteiger partial charge in [0.1, 0.15) is 5.75 Å². The number of benzene rings is 1. The summed E-state index contributed by atoms with van der Waals surface area (Å²) in [6.45, 7) is 1.49. The maximum absolute atomic E-state index is 11.1. The number of aromatic hydroxyl groups is 1. The Labute approximate surface area is 75.2 Å². The van der Waals surface area contributed by atoms with E-state index in [0.717, 1.165) is 5.52 Å². The molecule has 1 aromatic carbocycles. The molecule has 0 aliphatic rings. The van der Waals surface area contributed by atoms with Crippen LogP contribution in [-0.2, 0) is 0 Å². The molecule has 0 bridgehead atoms. The van der Waals surface area contributed by atoms with E-state index in [2.05, 4.69) is 0 Å². The van der Waals surface area contributed by atoms with Crippen LogP contribution in [0.1, 0.15) is 11.7 Å². The van der Waals surface area contributed by atoms with E-state index in [0.29, 0.717) is 5.39 Å². The molecule has 0 saturated carbocycles. The van der Waals surface area contributed by atoms with E-state index in [1.807, 2.05) is 0 Å². The summed E-state index contributed by atoms with van der Waals surface area (Å²) < 4.78 is 1.51. The van der Waals surface area contributed by atoms with E-state index in [4.69, 9.17) is 0 Å². The summed E-state index contributed by atoms with van der Waals surface area (Å²) >= 11 is 0. The van der Waals surface area contributed by atoms with E-state index in [-0.39, 0.29) is 11.7 Å². The van der Waals surface area contributed by atoms with Crippen LogP contribution in [0.25, 0.3) is 10.9 Å². The highest BCUT2D eigenvalue weighted by molar-refractivity contribution is 5.94. The van der Waals surface area contributed by atoms with Gasteiger partial charge in [0.2, 0.25) is 5.91 Å². The predicted molar refractivity (Wildman–Crippen MR) is 49.9 cm³/mol. The molecule has 0 unspecified atom stereocenters. The second-order valence-electron chi connectivity index (χ2n) is 2.91. The van der Waals surface area contributed by atoms with Crippen LogP contribution in [0.2, 0.25) is 0 Å². The van der Waals surface area contributed by atoms with Crippen molar-refractivity contribution in [2.45, 2.75) is 6.92 Å². The Hall–Kier alpha value is -1.77. The summed E-state index contributed by atoms with van der Waals surface area (Å²) in [6, 6.07) is 6.85. The molecule has 2 aromatic rings. The second-order valence-corrected chi connectivity index (χ2v) is 2.91. The van der Waals surface area contributed by atoms with E-state index < -0.39 is 0 Å². The summed E-state index contributed by atoms with van der Waals surface area (Å²) in [5, 5.41) is 10.1. The Balaban J connectivity index is 2.83. The number of rotatable bonds is 0. The highest BCUT2D eigenvalue weighted by atomic mass is 16.3. The smallest absolute Gasteiger partial charge is 0.227 e. The van der Waals surface area contributed by atoms with Gasteiger partial charge in [0, 0.05) is 18.5 Å². The SMILES string of the molecule is CC(=O)n1ccc2c(O)cccc21. The average Bonchev–Trinajstić information content (AvgIpc) is 2.48. The first-order valence-corrected chi connectivity index (χ1v) is 4.00. The monoisotopic (exact) mass is 175 g/mol. The van der Waals surface area contributed by atoms with Crippen molar-refractivity contribution in [3.8, 4) is 5.75 Å². The molecule has 0 saturated heterocycles. The average molecular weight is 175 g/mol. The van der Waals surface area contributed by atoms with Crippen LogP contribution < -0.4 is 0 Å². The van der Waals surface area contributed by atoms with Crippen LogP contribution in [0.5, 0.6) is 5.75 Å². The number of nitrogens with zero attached hydrogens (tertiary/aromatic N) is 1. The predicted octanol–water partition coefficient (Wildman–Crippen LogP) is 2.01. The fourth-order valence-electron chi connectivity index (χ4n) is 1.43. The number of carbonyl (C=O) groups is 1. The first kappa shape index (κ1) is 7.86. The summed E-state index contributed by atoms with van der Waals surface area (Å²) in [6.07, 6.45) is 1.66. The Morgan fingerprint density at radius 1 is 1.38 bits per heavy atom. The van der Waals surface area contributed by atoms with Gasteiger partial charge in [-0.1, -0.05) is 6.07 Å². The lowest BCUT2D eigenvalue weighted by molar-refractivity contribution is 0.0941. The zero-order valence-corrected chi connectivity index (χ0v) is 7.19. The van der Waals surface area contributed by atoms with Gasteiger partial charge in [-0.15, -0.1) is 0 Å². The summed E-state index contributed by atoms with van der Waals surface area (Å²) in [5.41, 5.74) is 0.743. The third-order valence-corrected chi connectivity index (χ3v) is 2.05. The summed E-state index contributed by atoms with van der Waals surface area (Å²) in [4.78, 5) is 11.1. The van der Waals surface area contributed by atoms with E-state index >= 15 is 0 Å². The molecule has 0 aliphatic carbocycles. The molecule has 0 aliphatic heterocycles. The van der Waals surface area contributed by atoms with Crippen molar-refractivity contribution in [3.63, 3.8) is 0 Å². The Morgan fingerprint density at radius 2 is 2.15 bits per heavy atom. The number of phenols is 1. The number of fused-ring (bicyclic) bond motifs is 1. The van der Waals surface area contributed by atoms with Gasteiger partial charge in [-0.2, -0.15) is 0 Å². The highest BCUT2D eigenvalue weighted by Crippen LogP contribution is 2.24. The van der Waals surface area contributed by atoms with Gasteiger partial charge in [-0.3, -0.25) is 9.36 Å². The van der Waals surface area contributed by atoms with Crippen molar-refractivity contribution < 1.29 is 9.90 Å². The van der Waals surface area contributed by atoms with Crippen molar-refractivity contribution in [2.24, 2.45) is 0 Å². The lowest BCUT2D eigenvalue weighted by Gasteiger charge is -1.99. The van der Waals surface area contributed by atoms with E-state index in [1.54, 1.807) is 30.5 Å². The van der Waals surface area contributed by atoms with Gasteiger partial charge in [-0.25, -0.2) is 0 Å². The van der Waals surface area contributed by atoms with Gasteiger partial charge >= 0.3 is 0 Å². The lowest BCUT2D eigenvalue weighted by Crippen LogP contribution is -2.02. The minimum absolute atomic E-state index is 0.0550. The Morgan fingerprint density at radius 3 is 2.85 bits per heavy atom. The minimum atomic E-state index is -0.0550. The fourth-order valence-corrected chi connectivity index (χ4v) is 1.43. The molecule has 13 heavy (non-hydrogen) atoms. The first-order chi connectivity index (χ1) is 6.20. The number of aromatic nitrogens is 1. The number of carbonyl (C=O) groups excluding carboxylic acids is 1. The summed E-state index contributed by atoms with van der Waals surface area (Å²) in [5.74, 6) is 0.151. The van der Waals surface area contributed by atoms with Crippen LogP contribution >= 0.6 is 0 Å². The van der Waals surface area contributed by atoms with Crippen LogP contribution in [-0.4, -0.2) is 15.6 Å². The molecule has 0 atom stereocenters. The van der Waals surface area contributed by atoms with Crippen LogP contribution in [0.15, 0.2) is 30.5 Å². The van der Waals surface area contributed by atoms with Crippen molar-refractivity contribution >= 4 is 16.8 Å². The molecule has 0 spiro atoms. The maximum Gasteiger partial charge on any atom is 0.227 e. The molecular formula is C10H9NO2. The minimum Gasteiger partial charge on any atom is -0.507 e. The van der Waals surface area contributed by atoms with Crippen molar-refractivity contribution in [3.05, 3.63) is 30.5 Å². The molecule has 1 heterocycles. The van der Waals surface area contributed by atoms with Gasteiger partial charge in [0.15, 0.2) is 0 Å². The molecule has 66 valence electrons. The molecular weight excluding hydrogens is 166 g/mol. The molecule has 0 radical (unpaired) electrons. The topological polar surface area (TPSA) is 42.2 Å². The van der Waals surface area contributed by atoms with Gasteiger partial charge < -0.3 is 5.11 Å². The van der Waals surface area contributed by atoms with E-state index in [9.17, 15) is 9.90 Å². The zero-order chi connectivity index (χ0) is 9.42. The zero-order valence-electron chi connectivity index (χ0n) is 7.19. The van der Waals surface area contributed by atoms with Crippen molar-refractivity contribution in [1.29, 1.82) is 0 Å². The largest absolute Gasteiger partial charge is 0.507 e. The second kappa shape index (κ2) is 2.62. The standard InChI is InChI=1S/C10H9NO2/c1-7(12)11-6-5-8-9(11)3-2-4-10(8)13/h2-6,13H,1H3. The number of hydrogen-bond donors (Lipinski definition) is 1. The third-order valence-electron chi connectivity index (χ3n) is 2.05. The molecule has 1 N–H and O–H groups in total. The molecule has 2 rings (SSSR count). The number of hydrogen-bond acceptors (Lipinski definition) is 2. The molecule has 3 heteroatoms. The summed E-state index contributed by atoms with van der Waals surface area (Å²) in [7, 11) is 0. The van der Waals surface area contributed by atoms with Crippen molar-refractivity contribution in [1.82, 2.24) is 4.57 Å². The lowest BCUT2D eigenvalue weighted by atomic mass is 10.2. The highest BCUT2D eigenvalue weighted by Gasteiger charge is 2.06. The normalized spacial score (nSPS) is 10.5. The van der Waals surface area contributed by atoms with Crippen LogP contribution in [0.4, 0.5) is 0 Å². The molecule has 0 fully saturated rings. The maximum atomic E-state index is 11.1. The van der Waals surface area contributed by atoms with Crippen LogP contribution in [0, 0.1) is 0 Å². The first-order valence-electron chi connectivity index (χ1n) is 4.00. The van der Waals surface area contributed by atoms with Gasteiger partial charge in [0.05, 0.1) is 5.52 Å². The number of phenolic OH excluding ortho intramolecular Hbond substituents is 1. The van der Waals surface area contributed by atoms with Crippen molar-refractivity contribution in [2.75, 3.05) is 0 Å². The van der Waals surface area contributed by atoms with Gasteiger partial charge in [-0.05, 0) is 18.2 Å². The quantitative estimate of drug-likeness (QED) is 0.665. The Kier molecular flexibility index (Phi) is 1.59. The van der Waals surface area contributed by atoms with E-state index in [1.165, 1.54) is 11.5 Å².